The zero-order chi connectivity index (χ0) is 17.2. The third-order valence-electron chi connectivity index (χ3n) is 4.32. The van der Waals surface area contributed by atoms with E-state index in [2.05, 4.69) is 30.0 Å². The van der Waals surface area contributed by atoms with Crippen molar-refractivity contribution in [2.45, 2.75) is 40.9 Å². The van der Waals surface area contributed by atoms with Gasteiger partial charge in [0.2, 0.25) is 5.91 Å². The van der Waals surface area contributed by atoms with Crippen LogP contribution in [0.25, 0.3) is 0 Å². The molecule has 0 aromatic heterocycles. The topological polar surface area (TPSA) is 38.3 Å². The van der Waals surface area contributed by atoms with Gasteiger partial charge in [0.1, 0.15) is 5.75 Å². The molecule has 1 aromatic rings. The Morgan fingerprint density at radius 1 is 1.30 bits per heavy atom. The maximum Gasteiger partial charge on any atom is 0.387 e. The van der Waals surface area contributed by atoms with Crippen LogP contribution in [0, 0.1) is 17.3 Å². The van der Waals surface area contributed by atoms with Crippen molar-refractivity contribution in [2.24, 2.45) is 17.3 Å². The number of rotatable bonds is 6. The first-order valence-electron chi connectivity index (χ1n) is 7.68. The zero-order valence-electron chi connectivity index (χ0n) is 13.9. The summed E-state index contributed by atoms with van der Waals surface area (Å²) in [6.07, 6.45) is 2.15. The van der Waals surface area contributed by atoms with Crippen LogP contribution in [0.2, 0.25) is 0 Å². The number of carbonyl (C=O) groups excluding carboxylic acids is 1. The lowest BCUT2D eigenvalue weighted by molar-refractivity contribution is -0.123. The van der Waals surface area contributed by atoms with E-state index >= 15 is 0 Å². The molecule has 5 heteroatoms. The first-order valence-corrected chi connectivity index (χ1v) is 7.68. The number of nitrogens with one attached hydrogen (secondary N) is 1. The van der Waals surface area contributed by atoms with Crippen LogP contribution >= 0.6 is 0 Å². The van der Waals surface area contributed by atoms with Crippen molar-refractivity contribution in [3.8, 4) is 5.75 Å². The number of allylic oxidation sites excluding steroid dienone is 2. The van der Waals surface area contributed by atoms with Gasteiger partial charge in [-0.05, 0) is 42.9 Å². The SMILES string of the molecule is CC(C)=C[C@@H]1[C@H](C(=O)NCc2ccc(OC(F)F)cc2)C1(C)C. The van der Waals surface area contributed by atoms with Gasteiger partial charge in [0, 0.05) is 6.54 Å². The van der Waals surface area contributed by atoms with E-state index in [1.165, 1.54) is 17.7 Å². The van der Waals surface area contributed by atoms with Crippen molar-refractivity contribution in [1.29, 1.82) is 0 Å². The first kappa shape index (κ1) is 17.4. The van der Waals surface area contributed by atoms with Gasteiger partial charge >= 0.3 is 6.61 Å². The summed E-state index contributed by atoms with van der Waals surface area (Å²) in [7, 11) is 0. The Morgan fingerprint density at radius 3 is 2.43 bits per heavy atom. The van der Waals surface area contributed by atoms with Crippen LogP contribution in [0.3, 0.4) is 0 Å². The van der Waals surface area contributed by atoms with Gasteiger partial charge in [-0.2, -0.15) is 8.78 Å². The van der Waals surface area contributed by atoms with E-state index in [4.69, 9.17) is 0 Å². The summed E-state index contributed by atoms with van der Waals surface area (Å²) in [6.45, 7) is 5.81. The van der Waals surface area contributed by atoms with Crippen LogP contribution < -0.4 is 10.1 Å². The van der Waals surface area contributed by atoms with Crippen molar-refractivity contribution in [3.05, 3.63) is 41.5 Å². The fourth-order valence-electron chi connectivity index (χ4n) is 2.94. The lowest BCUT2D eigenvalue weighted by Gasteiger charge is -2.08. The van der Waals surface area contributed by atoms with Gasteiger partial charge in [-0.25, -0.2) is 0 Å². The molecule has 1 saturated carbocycles. The summed E-state index contributed by atoms with van der Waals surface area (Å²) in [5.74, 6) is 0.403. The standard InChI is InChI=1S/C18H23F2NO2/c1-11(2)9-14-15(18(14,3)4)16(22)21-10-12-5-7-13(8-6-12)23-17(19)20/h5-9,14-15,17H,10H2,1-4H3,(H,21,22)/t14-,15-/m1/s1. The van der Waals surface area contributed by atoms with E-state index in [1.807, 2.05) is 13.8 Å². The van der Waals surface area contributed by atoms with Crippen LogP contribution in [0.4, 0.5) is 8.78 Å². The van der Waals surface area contributed by atoms with E-state index in [9.17, 15) is 13.6 Å². The summed E-state index contributed by atoms with van der Waals surface area (Å²) >= 11 is 0. The van der Waals surface area contributed by atoms with Crippen LogP contribution in [-0.2, 0) is 11.3 Å². The second-order valence-corrected chi connectivity index (χ2v) is 6.81. The number of halogens is 2. The molecular weight excluding hydrogens is 300 g/mol. The highest BCUT2D eigenvalue weighted by Gasteiger charge is 2.60. The Kier molecular flexibility index (Phi) is 5.07. The van der Waals surface area contributed by atoms with Gasteiger partial charge in [-0.15, -0.1) is 0 Å². The summed E-state index contributed by atoms with van der Waals surface area (Å²) < 4.78 is 28.5. The van der Waals surface area contributed by atoms with Crippen LogP contribution in [0.5, 0.6) is 5.75 Å². The predicted molar refractivity (Wildman–Crippen MR) is 85.1 cm³/mol. The molecule has 0 saturated heterocycles. The van der Waals surface area contributed by atoms with Crippen molar-refractivity contribution >= 4 is 5.91 Å². The van der Waals surface area contributed by atoms with Gasteiger partial charge < -0.3 is 10.1 Å². The number of hydrogen-bond donors (Lipinski definition) is 1. The van der Waals surface area contributed by atoms with Crippen LogP contribution in [0.1, 0.15) is 33.3 Å². The summed E-state index contributed by atoms with van der Waals surface area (Å²) in [5, 5.41) is 2.92. The summed E-state index contributed by atoms with van der Waals surface area (Å²) in [6, 6.07) is 6.29. The third-order valence-corrected chi connectivity index (χ3v) is 4.32. The van der Waals surface area contributed by atoms with Crippen molar-refractivity contribution in [3.63, 3.8) is 0 Å². The Labute approximate surface area is 135 Å². The molecule has 1 N–H and O–H groups in total. The first-order chi connectivity index (χ1) is 10.7. The van der Waals surface area contributed by atoms with E-state index in [-0.39, 0.29) is 28.9 Å². The minimum atomic E-state index is -2.83. The second kappa shape index (κ2) is 6.69. The number of amides is 1. The Balaban J connectivity index is 1.89. The number of hydrogen-bond acceptors (Lipinski definition) is 2. The van der Waals surface area contributed by atoms with Gasteiger partial charge in [0.15, 0.2) is 0 Å². The molecule has 1 aromatic carbocycles. The normalized spacial score (nSPS) is 21.7. The Hall–Kier alpha value is -1.91. The van der Waals surface area contributed by atoms with E-state index in [1.54, 1.807) is 12.1 Å². The molecule has 0 aliphatic heterocycles. The molecule has 1 amide bonds. The molecule has 1 aliphatic rings. The van der Waals surface area contributed by atoms with Crippen LogP contribution in [0.15, 0.2) is 35.9 Å². The molecule has 126 valence electrons. The van der Waals surface area contributed by atoms with Gasteiger partial charge in [0.25, 0.3) is 0 Å². The molecule has 0 bridgehead atoms. The lowest BCUT2D eigenvalue weighted by atomic mass is 10.1. The van der Waals surface area contributed by atoms with E-state index in [0.717, 1.165) is 5.56 Å². The number of alkyl halides is 2. The largest absolute Gasteiger partial charge is 0.435 e. The Bertz CT molecular complexity index is 590. The maximum absolute atomic E-state index is 12.3. The Morgan fingerprint density at radius 2 is 1.91 bits per heavy atom. The monoisotopic (exact) mass is 323 g/mol. The average Bonchev–Trinajstić information content (AvgIpc) is 2.97. The van der Waals surface area contributed by atoms with Gasteiger partial charge in [-0.3, -0.25) is 4.79 Å². The predicted octanol–water partition coefficient (Wildman–Crippen LogP) is 4.14. The number of carbonyl (C=O) groups is 1. The molecule has 1 fully saturated rings. The van der Waals surface area contributed by atoms with E-state index < -0.39 is 6.61 Å². The fourth-order valence-corrected chi connectivity index (χ4v) is 2.94. The summed E-state index contributed by atoms with van der Waals surface area (Å²) in [4.78, 5) is 12.3. The quantitative estimate of drug-likeness (QED) is 0.799. The fraction of sp³-hybridized carbons (Fsp3) is 0.500. The molecule has 2 atom stereocenters. The summed E-state index contributed by atoms with van der Waals surface area (Å²) in [5.41, 5.74) is 2.04. The van der Waals surface area contributed by atoms with Gasteiger partial charge in [0.05, 0.1) is 5.92 Å². The third kappa shape index (κ3) is 4.30. The molecule has 23 heavy (non-hydrogen) atoms. The van der Waals surface area contributed by atoms with Crippen molar-refractivity contribution in [1.82, 2.24) is 5.32 Å². The smallest absolute Gasteiger partial charge is 0.387 e. The lowest BCUT2D eigenvalue weighted by Crippen LogP contribution is -2.26. The molecule has 0 radical (unpaired) electrons. The minimum Gasteiger partial charge on any atom is -0.435 e. The highest BCUT2D eigenvalue weighted by molar-refractivity contribution is 5.83. The number of ether oxygens (including phenoxy) is 1. The van der Waals surface area contributed by atoms with Crippen molar-refractivity contribution in [2.75, 3.05) is 0 Å². The molecule has 0 spiro atoms. The molecule has 1 aliphatic carbocycles. The van der Waals surface area contributed by atoms with Crippen LogP contribution in [-0.4, -0.2) is 12.5 Å². The second-order valence-electron chi connectivity index (χ2n) is 6.81. The highest BCUT2D eigenvalue weighted by atomic mass is 19.3. The number of benzene rings is 1. The molecule has 0 unspecified atom stereocenters. The molecule has 2 rings (SSSR count). The van der Waals surface area contributed by atoms with E-state index in [0.29, 0.717) is 6.54 Å². The van der Waals surface area contributed by atoms with Gasteiger partial charge in [-0.1, -0.05) is 37.6 Å². The molecule has 3 nitrogen and oxygen atoms in total. The van der Waals surface area contributed by atoms with Crippen molar-refractivity contribution < 1.29 is 18.3 Å². The average molecular weight is 323 g/mol. The molecular formula is C18H23F2NO2. The zero-order valence-corrected chi connectivity index (χ0v) is 13.9. The highest BCUT2D eigenvalue weighted by Crippen LogP contribution is 2.59. The minimum absolute atomic E-state index is 0.0150. The maximum atomic E-state index is 12.3. The molecule has 0 heterocycles.